The fourth-order valence-electron chi connectivity index (χ4n) is 3.99. The van der Waals surface area contributed by atoms with Crippen molar-refractivity contribution in [3.05, 3.63) is 70.2 Å². The molecule has 0 aliphatic carbocycles. The molecular weight excluding hydrogens is 444 g/mol. The summed E-state index contributed by atoms with van der Waals surface area (Å²) in [6.45, 7) is 1.45. The zero-order valence-corrected chi connectivity index (χ0v) is 19.5. The van der Waals surface area contributed by atoms with Gasteiger partial charge in [0.2, 0.25) is 0 Å². The number of thiophene rings is 1. The number of ketones is 1. The lowest BCUT2D eigenvalue weighted by molar-refractivity contribution is 0.0686. The number of hydrogen-bond acceptors (Lipinski definition) is 5. The zero-order chi connectivity index (χ0) is 22.5. The highest BCUT2D eigenvalue weighted by molar-refractivity contribution is 7.17. The van der Waals surface area contributed by atoms with Gasteiger partial charge in [0.1, 0.15) is 5.75 Å². The molecular formula is C25H25ClN2O3S. The molecule has 0 radical (unpaired) electrons. The number of amides is 1. The largest absolute Gasteiger partial charge is 0.495 e. The fraction of sp³-hybridized carbons (Fsp3) is 0.320. The molecule has 1 fully saturated rings. The minimum Gasteiger partial charge on any atom is -0.495 e. The lowest BCUT2D eigenvalue weighted by Gasteiger charge is -2.31. The van der Waals surface area contributed by atoms with Crippen LogP contribution in [0.1, 0.15) is 45.7 Å². The number of carbonyl (C=O) groups is 2. The Morgan fingerprint density at radius 2 is 1.97 bits per heavy atom. The molecule has 1 amide bonds. The van der Waals surface area contributed by atoms with Gasteiger partial charge in [0.25, 0.3) is 5.91 Å². The Morgan fingerprint density at radius 3 is 2.69 bits per heavy atom. The number of pyridine rings is 1. The molecule has 4 rings (SSSR count). The fourth-order valence-corrected chi connectivity index (χ4v) is 5.14. The van der Waals surface area contributed by atoms with Crippen molar-refractivity contribution in [2.24, 2.45) is 5.92 Å². The van der Waals surface area contributed by atoms with Crippen molar-refractivity contribution in [2.45, 2.75) is 25.7 Å². The average Bonchev–Trinajstić information content (AvgIpc) is 3.34. The molecule has 1 aromatic carbocycles. The van der Waals surface area contributed by atoms with Crippen molar-refractivity contribution < 1.29 is 14.3 Å². The number of Topliss-reactive ketones (excluding diaryl/α,β-unsaturated/α-hetero) is 1. The van der Waals surface area contributed by atoms with Crippen LogP contribution in [0, 0.1) is 5.92 Å². The highest BCUT2D eigenvalue weighted by Crippen LogP contribution is 2.30. The van der Waals surface area contributed by atoms with Crippen molar-refractivity contribution in [3.63, 3.8) is 0 Å². The molecule has 32 heavy (non-hydrogen) atoms. The van der Waals surface area contributed by atoms with Gasteiger partial charge in [-0.2, -0.15) is 0 Å². The van der Waals surface area contributed by atoms with E-state index in [1.165, 1.54) is 11.3 Å². The Labute approximate surface area is 197 Å². The lowest BCUT2D eigenvalue weighted by atomic mass is 9.90. The number of nitrogens with zero attached hydrogens (tertiary/aromatic N) is 2. The number of ether oxygens (including phenoxy) is 1. The highest BCUT2D eigenvalue weighted by Gasteiger charge is 2.25. The topological polar surface area (TPSA) is 59.5 Å². The van der Waals surface area contributed by atoms with Crippen molar-refractivity contribution in [1.29, 1.82) is 0 Å². The van der Waals surface area contributed by atoms with Gasteiger partial charge in [-0.15, -0.1) is 11.3 Å². The van der Waals surface area contributed by atoms with Gasteiger partial charge in [0.15, 0.2) is 5.78 Å². The van der Waals surface area contributed by atoms with Crippen LogP contribution < -0.4 is 4.74 Å². The second-order valence-corrected chi connectivity index (χ2v) is 9.42. The van der Waals surface area contributed by atoms with E-state index < -0.39 is 0 Å². The van der Waals surface area contributed by atoms with Gasteiger partial charge >= 0.3 is 0 Å². The van der Waals surface area contributed by atoms with E-state index >= 15 is 0 Å². The minimum absolute atomic E-state index is 0.0833. The van der Waals surface area contributed by atoms with Gasteiger partial charge in [0, 0.05) is 31.3 Å². The van der Waals surface area contributed by atoms with Crippen molar-refractivity contribution >= 4 is 34.6 Å². The van der Waals surface area contributed by atoms with E-state index in [0.29, 0.717) is 28.7 Å². The standard InChI is InChI=1S/C25H25ClN2O3S/c1-31-22-16-18(6-7-19(22)26)21(29)8-5-17-11-14-28(15-12-17)25(30)24-10-9-23(32-24)20-4-2-3-13-27-20/h2-4,6-7,9-10,13,16-17H,5,8,11-12,14-15H2,1H3. The number of carbonyl (C=O) groups excluding carboxylic acids is 2. The summed E-state index contributed by atoms with van der Waals surface area (Å²) in [5.74, 6) is 1.15. The Hall–Kier alpha value is -2.70. The minimum atomic E-state index is 0.0833. The van der Waals surface area contributed by atoms with Crippen LogP contribution in [0.25, 0.3) is 10.6 Å². The van der Waals surface area contributed by atoms with Crippen LogP contribution >= 0.6 is 22.9 Å². The quantitative estimate of drug-likeness (QED) is 0.400. The molecule has 3 heterocycles. The maximum absolute atomic E-state index is 12.9. The maximum atomic E-state index is 12.9. The van der Waals surface area contributed by atoms with E-state index in [2.05, 4.69) is 4.98 Å². The summed E-state index contributed by atoms with van der Waals surface area (Å²) in [5.41, 5.74) is 1.51. The van der Waals surface area contributed by atoms with Crippen LogP contribution in [0.2, 0.25) is 5.02 Å². The summed E-state index contributed by atoms with van der Waals surface area (Å²) in [6.07, 6.45) is 4.91. The number of hydrogen-bond donors (Lipinski definition) is 0. The van der Waals surface area contributed by atoms with Gasteiger partial charge in [-0.3, -0.25) is 14.6 Å². The first kappa shape index (κ1) is 22.5. The van der Waals surface area contributed by atoms with E-state index in [4.69, 9.17) is 16.3 Å². The van der Waals surface area contributed by atoms with E-state index in [9.17, 15) is 9.59 Å². The molecule has 0 spiro atoms. The summed E-state index contributed by atoms with van der Waals surface area (Å²) in [5, 5.41) is 0.499. The first-order valence-corrected chi connectivity index (χ1v) is 11.9. The van der Waals surface area contributed by atoms with E-state index in [1.54, 1.807) is 31.5 Å². The second kappa shape index (κ2) is 10.3. The number of benzene rings is 1. The molecule has 0 saturated carbocycles. The molecule has 166 valence electrons. The highest BCUT2D eigenvalue weighted by atomic mass is 35.5. The van der Waals surface area contributed by atoms with Crippen LogP contribution in [0.3, 0.4) is 0 Å². The monoisotopic (exact) mass is 468 g/mol. The van der Waals surface area contributed by atoms with Crippen LogP contribution in [0.5, 0.6) is 5.75 Å². The molecule has 3 aromatic rings. The van der Waals surface area contributed by atoms with Crippen molar-refractivity contribution in [1.82, 2.24) is 9.88 Å². The predicted molar refractivity (Wildman–Crippen MR) is 128 cm³/mol. The molecule has 0 N–H and O–H groups in total. The molecule has 5 nitrogen and oxygen atoms in total. The zero-order valence-electron chi connectivity index (χ0n) is 17.9. The van der Waals surface area contributed by atoms with E-state index in [0.717, 1.165) is 47.8 Å². The third kappa shape index (κ3) is 5.19. The normalized spacial score (nSPS) is 14.4. The van der Waals surface area contributed by atoms with Crippen molar-refractivity contribution in [3.8, 4) is 16.3 Å². The van der Waals surface area contributed by atoms with Crippen LogP contribution in [0.15, 0.2) is 54.7 Å². The molecule has 1 aliphatic heterocycles. The first-order valence-electron chi connectivity index (χ1n) is 10.7. The summed E-state index contributed by atoms with van der Waals surface area (Å²) < 4.78 is 5.20. The molecule has 1 aliphatic rings. The molecule has 7 heteroatoms. The summed E-state index contributed by atoms with van der Waals surface area (Å²) in [6, 6.07) is 14.8. The maximum Gasteiger partial charge on any atom is 0.263 e. The van der Waals surface area contributed by atoms with Crippen LogP contribution in [-0.2, 0) is 0 Å². The second-order valence-electron chi connectivity index (χ2n) is 7.93. The number of likely N-dealkylation sites (tertiary alicyclic amines) is 1. The van der Waals surface area contributed by atoms with E-state index in [1.807, 2.05) is 35.2 Å². The SMILES string of the molecule is COc1cc(C(=O)CCC2CCN(C(=O)c3ccc(-c4ccccn4)s3)CC2)ccc1Cl. The first-order chi connectivity index (χ1) is 15.5. The molecule has 0 atom stereocenters. The predicted octanol–water partition coefficient (Wildman–Crippen LogP) is 5.99. The smallest absolute Gasteiger partial charge is 0.263 e. The lowest BCUT2D eigenvalue weighted by Crippen LogP contribution is -2.38. The van der Waals surface area contributed by atoms with Crippen molar-refractivity contribution in [2.75, 3.05) is 20.2 Å². The van der Waals surface area contributed by atoms with Gasteiger partial charge < -0.3 is 9.64 Å². The third-order valence-electron chi connectivity index (χ3n) is 5.89. The van der Waals surface area contributed by atoms with Gasteiger partial charge in [-0.05, 0) is 67.6 Å². The summed E-state index contributed by atoms with van der Waals surface area (Å²) >= 11 is 7.53. The molecule has 2 aromatic heterocycles. The van der Waals surface area contributed by atoms with Crippen LogP contribution in [0.4, 0.5) is 0 Å². The van der Waals surface area contributed by atoms with E-state index in [-0.39, 0.29) is 11.7 Å². The summed E-state index contributed by atoms with van der Waals surface area (Å²) in [4.78, 5) is 33.5. The Kier molecular flexibility index (Phi) is 7.22. The Morgan fingerprint density at radius 1 is 1.16 bits per heavy atom. The molecule has 0 bridgehead atoms. The Balaban J connectivity index is 1.27. The number of halogens is 1. The van der Waals surface area contributed by atoms with Gasteiger partial charge in [0.05, 0.1) is 27.6 Å². The van der Waals surface area contributed by atoms with Crippen LogP contribution in [-0.4, -0.2) is 41.8 Å². The average molecular weight is 469 g/mol. The van der Waals surface area contributed by atoms with Gasteiger partial charge in [-0.25, -0.2) is 0 Å². The number of methoxy groups -OCH3 is 1. The molecule has 0 unspecified atom stereocenters. The third-order valence-corrected chi connectivity index (χ3v) is 7.30. The summed E-state index contributed by atoms with van der Waals surface area (Å²) in [7, 11) is 1.54. The molecule has 1 saturated heterocycles. The Bertz CT molecular complexity index is 1090. The number of aromatic nitrogens is 1. The van der Waals surface area contributed by atoms with Gasteiger partial charge in [-0.1, -0.05) is 17.7 Å². The number of rotatable bonds is 7. The number of piperidine rings is 1.